The van der Waals surface area contributed by atoms with Crippen LogP contribution in [0.4, 0.5) is 28.8 Å². The van der Waals surface area contributed by atoms with E-state index in [2.05, 4.69) is 122 Å². The fraction of sp³-hybridized carbons (Fsp3) is 0.456. The van der Waals surface area contributed by atoms with Crippen molar-refractivity contribution >= 4 is 82.2 Å². The fourth-order valence-corrected chi connectivity index (χ4v) is 17.8. The van der Waals surface area contributed by atoms with Crippen molar-refractivity contribution in [2.45, 2.75) is 164 Å². The van der Waals surface area contributed by atoms with E-state index in [1.807, 2.05) is 172 Å². The molecule has 0 saturated carbocycles. The van der Waals surface area contributed by atoms with Crippen LogP contribution in [0.3, 0.4) is 0 Å². The summed E-state index contributed by atoms with van der Waals surface area (Å²) >= 11 is 5.94. The first kappa shape index (κ1) is 99.5. The molecule has 0 radical (unpaired) electrons. The van der Waals surface area contributed by atoms with Crippen LogP contribution in [0.1, 0.15) is 148 Å². The Morgan fingerprint density at radius 2 is 0.700 bits per heavy atom. The number of rotatable bonds is 4. The van der Waals surface area contributed by atoms with Crippen LogP contribution in [-0.2, 0) is 52.8 Å². The number of hydroxylamine groups is 2. The first-order valence-electron chi connectivity index (χ1n) is 47.2. The molecule has 0 aliphatic carbocycles. The monoisotopic (exact) mass is 1920 g/mol. The number of urea groups is 3. The molecule has 2 aromatic carbocycles. The summed E-state index contributed by atoms with van der Waals surface area (Å²) in [5, 5.41) is 26.2. The summed E-state index contributed by atoms with van der Waals surface area (Å²) in [7, 11) is 3.01. The summed E-state index contributed by atoms with van der Waals surface area (Å²) in [6, 6.07) is 38.1. The molecule has 0 N–H and O–H groups in total. The largest absolute Gasteiger partial charge is 0.450 e. The summed E-state index contributed by atoms with van der Waals surface area (Å²) < 4.78 is 20.6. The minimum absolute atomic E-state index is 0.000519. The highest BCUT2D eigenvalue weighted by Crippen LogP contribution is 2.39. The number of piperidine rings is 1. The Labute approximate surface area is 819 Å². The lowest BCUT2D eigenvalue weighted by molar-refractivity contribution is -0.0936. The molecule has 4 aromatic heterocycles. The van der Waals surface area contributed by atoms with Crippen LogP contribution in [0.2, 0.25) is 5.02 Å². The number of hydrogen-bond acceptors (Lipinski definition) is 27. The van der Waals surface area contributed by atoms with E-state index in [0.29, 0.717) is 129 Å². The number of likely N-dealkylation sites (tertiary alicyclic amines) is 7. The van der Waals surface area contributed by atoms with Crippen molar-refractivity contribution in [2.24, 2.45) is 66.4 Å². The Morgan fingerprint density at radius 3 is 1.04 bits per heavy atom. The van der Waals surface area contributed by atoms with E-state index in [-0.39, 0.29) is 96.7 Å². The van der Waals surface area contributed by atoms with E-state index in [1.54, 1.807) is 57.5 Å². The zero-order valence-electron chi connectivity index (χ0n) is 80.1. The van der Waals surface area contributed by atoms with Crippen molar-refractivity contribution in [1.29, 1.82) is 0 Å². The van der Waals surface area contributed by atoms with Gasteiger partial charge in [0.2, 0.25) is 37.4 Å². The topological polar surface area (TPSA) is 359 Å². The van der Waals surface area contributed by atoms with Crippen molar-refractivity contribution < 1.29 is 81.6 Å². The molecular weight excluding hydrogens is 1810 g/mol. The van der Waals surface area contributed by atoms with Gasteiger partial charge in [-0.05, 0) is 264 Å². The predicted octanol–water partition coefficient (Wildman–Crippen LogP) is 12.7. The van der Waals surface area contributed by atoms with Crippen LogP contribution in [-0.4, -0.2) is 284 Å². The number of aromatic nitrogens is 4. The van der Waals surface area contributed by atoms with E-state index in [1.165, 1.54) is 24.2 Å². The maximum atomic E-state index is 12.7. The van der Waals surface area contributed by atoms with Crippen LogP contribution < -0.4 is 0 Å². The van der Waals surface area contributed by atoms with Crippen LogP contribution in [0, 0.1) is 141 Å². The normalized spacial score (nSPS) is 23.1. The molecular formula is C103H112ClN19O17. The molecule has 0 spiro atoms. The predicted molar refractivity (Wildman–Crippen MR) is 517 cm³/mol. The lowest BCUT2D eigenvalue weighted by Crippen LogP contribution is -2.50. The summed E-state index contributed by atoms with van der Waals surface area (Å²) in [5.41, 5.74) is 13.6. The third-order valence-electron chi connectivity index (χ3n) is 24.8. The zero-order chi connectivity index (χ0) is 98.3. The smallest absolute Gasteiger partial charge is 0.413 e. The van der Waals surface area contributed by atoms with E-state index in [4.69, 9.17) is 64.4 Å². The molecule has 14 aliphatic rings. The second-order valence-electron chi connectivity index (χ2n) is 34.9. The van der Waals surface area contributed by atoms with Crippen molar-refractivity contribution in [1.82, 2.24) is 64.2 Å². The quantitative estimate of drug-likeness (QED) is 0.0898. The average molecular weight is 1920 g/mol. The molecule has 20 rings (SSSR count). The van der Waals surface area contributed by atoms with Gasteiger partial charge in [0.15, 0.2) is 0 Å². The molecule has 14 aliphatic heterocycles. The Kier molecular flexibility index (Phi) is 33.7. The summed E-state index contributed by atoms with van der Waals surface area (Å²) in [6.45, 7) is 25.5. The van der Waals surface area contributed by atoms with E-state index in [9.17, 15) is 28.8 Å². The molecule has 6 aromatic rings. The molecule has 728 valence electrons. The molecule has 37 heteroatoms. The molecule has 8 fully saturated rings. The maximum absolute atomic E-state index is 12.7. The Bertz CT molecular complexity index is 5940. The molecule has 18 heterocycles. The fourth-order valence-electron chi connectivity index (χ4n) is 17.6. The number of halogens is 1. The highest BCUT2D eigenvalue weighted by molar-refractivity contribution is 6.30. The highest BCUT2D eigenvalue weighted by Gasteiger charge is 2.52. The number of aryl methyl sites for hydroxylation is 5. The molecule has 140 heavy (non-hydrogen) atoms. The van der Waals surface area contributed by atoms with Crippen LogP contribution in [0.5, 0.6) is 0 Å². The number of carbonyl (C=O) groups is 6. The van der Waals surface area contributed by atoms with Crippen LogP contribution >= 0.6 is 11.6 Å². The third-order valence-corrected chi connectivity index (χ3v) is 25.0. The first-order chi connectivity index (χ1) is 68.0. The minimum Gasteiger partial charge on any atom is -0.450 e. The second kappa shape index (κ2) is 47.4. The number of ether oxygens (including phenoxy) is 4. The van der Waals surface area contributed by atoms with Gasteiger partial charge in [-0.2, -0.15) is 0 Å². The van der Waals surface area contributed by atoms with Crippen molar-refractivity contribution in [3.05, 3.63) is 189 Å². The van der Waals surface area contributed by atoms with Crippen molar-refractivity contribution in [3.63, 3.8) is 0 Å². The zero-order valence-corrected chi connectivity index (χ0v) is 80.9. The van der Waals surface area contributed by atoms with Gasteiger partial charge in [0.1, 0.15) is 57.0 Å². The molecule has 0 bridgehead atoms. The third kappa shape index (κ3) is 24.9. The maximum Gasteiger partial charge on any atom is 0.413 e. The molecule has 9 amide bonds. The summed E-state index contributed by atoms with van der Waals surface area (Å²) in [6.07, 6.45) is 4.68. The molecule has 36 nitrogen and oxygen atoms in total. The number of benzene rings is 2. The van der Waals surface area contributed by atoms with Gasteiger partial charge >= 0.3 is 36.4 Å². The number of pyridine rings is 4. The Morgan fingerprint density at radius 1 is 0.386 bits per heavy atom. The summed E-state index contributed by atoms with van der Waals surface area (Å²) in [4.78, 5) is 142. The van der Waals surface area contributed by atoms with Gasteiger partial charge in [0.25, 0.3) is 0 Å². The Balaban J connectivity index is 0.000000127. The van der Waals surface area contributed by atoms with Crippen LogP contribution in [0.15, 0.2) is 152 Å². The second-order valence-corrected chi connectivity index (χ2v) is 35.3. The first-order valence-corrected chi connectivity index (χ1v) is 47.6. The molecule has 12 atom stereocenters. The van der Waals surface area contributed by atoms with Gasteiger partial charge in [-0.3, -0.25) is 34.2 Å². The number of oxime groups is 6. The minimum atomic E-state index is -0.412. The SMILES string of the molecule is CC(C)OC(=O)N1CCC2C(C#Cc3cccc(Cl)c3)=NOC21.CCOC(=O)N1CCC2C(C#Cc3cccc(C)c3)=NOC21.CCOC(=O)N1CCC2C(C#Cc3cccc(C)n3)=NOC21.CON(C)C(=O)N1CCC2C(C#Cc3cccc(C)n3)=NOC21.Cc1cccc(C#CC2=NOC3C2CCN3C(=O)N2CCCCC2)n1.Cc1cccc(C#CC2=NOC3C2CCN3C(=O)N2CCOCC2)n1. The number of nitrogens with zero attached hydrogens (tertiary/aromatic N) is 19. The van der Waals surface area contributed by atoms with E-state index < -0.39 is 18.7 Å². The lowest BCUT2D eigenvalue weighted by atomic mass is 10.0. The van der Waals surface area contributed by atoms with Gasteiger partial charge in [0.05, 0.1) is 75.1 Å². The standard InChI is InChI=1S/C19H22N4O2.C18H20N4O3.C17H17ClN2O3.C17H18N2O3.C16H18N4O3.C16H17N3O3/c1-14-6-5-7-15(20-14)8-9-17-16-10-13-23(18(16)25-21-17)19(24)22-11-3-2-4-12-22;1-13-3-2-4-14(19-13)5-6-16-15-7-8-22(17(15)25-20-16)18(23)21-9-11-24-12-10-21;1-11(2)22-17(21)20-9-8-14-15(19-23-16(14)20)7-6-12-4-3-5-13(18)10-12;1-3-21-17(20)19-10-9-14-15(18-22-16(14)19)8-7-13-6-4-5-12(2)11-13;1-11-5-4-6-12(17-11)7-8-14-13-9-10-20(15(13)23-18-14)16(21)19(2)22-3;1-3-21-16(20)19-10-9-13-14(18-22-15(13)19)8-7-12-6-4-5-11(2)17-12/h5-7,16,18H,2-4,10-13H2,1H3;2-4,15,17H,7-12H2,1H3;3-5,10-11,14,16H,8-9H2,1-2H3;4-6,11,14,16H,3,9-10H2,1-2H3;4-6,13,15H,9-10H2,1-3H3;4-6,13,15H,3,9-10H2,1-2H3. The Hall–Kier alpha value is -15.0. The van der Waals surface area contributed by atoms with Crippen LogP contribution in [0.25, 0.3) is 0 Å². The number of morpholine rings is 1. The van der Waals surface area contributed by atoms with E-state index in [0.717, 1.165) is 110 Å². The van der Waals surface area contributed by atoms with Gasteiger partial charge in [-0.25, -0.2) is 53.8 Å². The lowest BCUT2D eigenvalue weighted by Gasteiger charge is -2.32. The van der Waals surface area contributed by atoms with E-state index >= 15 is 0 Å². The number of hydrogen-bond donors (Lipinski definition) is 0. The van der Waals surface area contributed by atoms with Gasteiger partial charge in [0, 0.05) is 111 Å². The molecule has 8 saturated heterocycles. The summed E-state index contributed by atoms with van der Waals surface area (Å²) in [5.74, 6) is 36.8. The number of carbonyl (C=O) groups excluding carboxylic acids is 6. The number of fused-ring (bicyclic) bond motifs is 6. The number of amides is 9. The molecule has 12 unspecified atom stereocenters. The average Bonchev–Trinajstić information content (AvgIpc) is 1.63. The highest BCUT2D eigenvalue weighted by atomic mass is 35.5. The van der Waals surface area contributed by atoms with Gasteiger partial charge in [-0.1, -0.05) is 96.8 Å². The van der Waals surface area contributed by atoms with Gasteiger partial charge < -0.3 is 57.8 Å². The van der Waals surface area contributed by atoms with Crippen molar-refractivity contribution in [3.8, 4) is 71.0 Å². The van der Waals surface area contributed by atoms with Gasteiger partial charge in [-0.15, -0.1) is 0 Å². The van der Waals surface area contributed by atoms with Crippen molar-refractivity contribution in [2.75, 3.05) is 106 Å².